The lowest BCUT2D eigenvalue weighted by atomic mass is 10.1. The smallest absolute Gasteiger partial charge is 0.154 e. The third kappa shape index (κ3) is 3.20. The number of aromatic nitrogens is 3. The van der Waals surface area contributed by atoms with Crippen molar-refractivity contribution < 1.29 is 13.5 Å². The maximum Gasteiger partial charge on any atom is 0.154 e. The van der Waals surface area contributed by atoms with Gasteiger partial charge in [-0.15, -0.1) is 0 Å². The van der Waals surface area contributed by atoms with Crippen LogP contribution in [0.15, 0.2) is 24.3 Å². The molecule has 0 fully saturated rings. The van der Waals surface area contributed by atoms with Crippen LogP contribution < -0.4 is 5.73 Å². The summed E-state index contributed by atoms with van der Waals surface area (Å²) < 4.78 is 25.3. The van der Waals surface area contributed by atoms with Gasteiger partial charge < -0.3 is 15.4 Å². The van der Waals surface area contributed by atoms with E-state index >= 15 is 0 Å². The van der Waals surface area contributed by atoms with Crippen LogP contribution in [0.4, 0.5) is 5.82 Å². The molecule has 2 heterocycles. The first kappa shape index (κ1) is 16.7. The third-order valence-corrected chi connectivity index (χ3v) is 4.41. The van der Waals surface area contributed by atoms with E-state index in [9.17, 15) is 13.5 Å². The Labute approximate surface area is 140 Å². The molecule has 0 atom stereocenters. The lowest BCUT2D eigenvalue weighted by Crippen LogP contribution is -2.27. The van der Waals surface area contributed by atoms with Crippen molar-refractivity contribution in [1.82, 2.24) is 14.5 Å². The second-order valence-corrected chi connectivity index (χ2v) is 8.85. The van der Waals surface area contributed by atoms with Crippen LogP contribution in [0.5, 0.6) is 0 Å². The predicted octanol–water partition coefficient (Wildman–Crippen LogP) is 1.48. The number of aliphatic hydroxyl groups is 1. The Morgan fingerprint density at radius 2 is 1.92 bits per heavy atom. The highest BCUT2D eigenvalue weighted by atomic mass is 32.2. The van der Waals surface area contributed by atoms with Crippen LogP contribution in [0.25, 0.3) is 21.9 Å². The van der Waals surface area contributed by atoms with E-state index < -0.39 is 15.4 Å². The molecule has 3 aromatic rings. The van der Waals surface area contributed by atoms with E-state index in [4.69, 9.17) is 5.73 Å². The van der Waals surface area contributed by atoms with E-state index in [2.05, 4.69) is 9.97 Å². The van der Waals surface area contributed by atoms with Gasteiger partial charge in [-0.2, -0.15) is 0 Å². The van der Waals surface area contributed by atoms with Gasteiger partial charge in [-0.1, -0.05) is 18.2 Å². The zero-order valence-corrected chi connectivity index (χ0v) is 14.6. The number of nitrogens with two attached hydrogens (primary N) is 1. The van der Waals surface area contributed by atoms with Gasteiger partial charge in [0, 0.05) is 11.6 Å². The number of anilines is 1. The number of benzene rings is 1. The van der Waals surface area contributed by atoms with E-state index in [1.165, 1.54) is 0 Å². The zero-order chi connectivity index (χ0) is 17.7. The van der Waals surface area contributed by atoms with Gasteiger partial charge >= 0.3 is 0 Å². The molecule has 0 unspecified atom stereocenters. The van der Waals surface area contributed by atoms with E-state index in [1.54, 1.807) is 18.4 Å². The fourth-order valence-corrected chi connectivity index (χ4v) is 3.50. The van der Waals surface area contributed by atoms with Gasteiger partial charge in [-0.3, -0.25) is 0 Å². The lowest BCUT2D eigenvalue weighted by molar-refractivity contribution is 0.0620. The number of rotatable bonds is 4. The third-order valence-electron chi connectivity index (χ3n) is 3.63. The van der Waals surface area contributed by atoms with Crippen molar-refractivity contribution in [3.63, 3.8) is 0 Å². The SMILES string of the molecule is CC(C)(O)Cn1c(CS(C)(=O)=O)nc2c(N)nc3ccccc3c21. The van der Waals surface area contributed by atoms with E-state index in [0.717, 1.165) is 11.6 Å². The molecule has 3 N–H and O–H groups in total. The topological polar surface area (TPSA) is 111 Å². The van der Waals surface area contributed by atoms with Crippen molar-refractivity contribution in [2.24, 2.45) is 0 Å². The number of nitrogen functional groups attached to an aromatic ring is 1. The minimum absolute atomic E-state index is 0.196. The average Bonchev–Trinajstić information content (AvgIpc) is 2.75. The molecule has 0 spiro atoms. The van der Waals surface area contributed by atoms with Crippen LogP contribution in [0, 0.1) is 0 Å². The zero-order valence-electron chi connectivity index (χ0n) is 13.8. The van der Waals surface area contributed by atoms with Gasteiger partial charge in [0.15, 0.2) is 15.7 Å². The molecule has 0 saturated carbocycles. The summed E-state index contributed by atoms with van der Waals surface area (Å²) >= 11 is 0. The highest BCUT2D eigenvalue weighted by molar-refractivity contribution is 7.89. The number of nitrogens with zero attached hydrogens (tertiary/aromatic N) is 3. The summed E-state index contributed by atoms with van der Waals surface area (Å²) in [5.41, 5.74) is 6.84. The second-order valence-electron chi connectivity index (χ2n) is 6.71. The summed E-state index contributed by atoms with van der Waals surface area (Å²) in [6.45, 7) is 3.52. The van der Waals surface area contributed by atoms with Gasteiger partial charge in [0.1, 0.15) is 17.1 Å². The summed E-state index contributed by atoms with van der Waals surface area (Å²) in [5, 5.41) is 11.1. The molecule has 0 radical (unpaired) electrons. The Morgan fingerprint density at radius 3 is 2.54 bits per heavy atom. The predicted molar refractivity (Wildman–Crippen MR) is 94.3 cm³/mol. The van der Waals surface area contributed by atoms with Crippen molar-refractivity contribution in [3.8, 4) is 0 Å². The molecular weight excluding hydrogens is 328 g/mol. The van der Waals surface area contributed by atoms with Gasteiger partial charge in [-0.05, 0) is 19.9 Å². The number of hydrogen-bond acceptors (Lipinski definition) is 6. The Kier molecular flexibility index (Phi) is 3.76. The number of sulfone groups is 1. The van der Waals surface area contributed by atoms with Crippen LogP contribution in [-0.2, 0) is 22.1 Å². The summed E-state index contributed by atoms with van der Waals surface area (Å²) in [7, 11) is -3.30. The summed E-state index contributed by atoms with van der Waals surface area (Å²) in [6.07, 6.45) is 1.15. The second kappa shape index (κ2) is 5.42. The molecule has 0 aliphatic heterocycles. The molecule has 0 aliphatic rings. The van der Waals surface area contributed by atoms with Gasteiger partial charge in [0.25, 0.3) is 0 Å². The maximum absolute atomic E-state index is 11.8. The first-order valence-electron chi connectivity index (χ1n) is 7.48. The van der Waals surface area contributed by atoms with Crippen molar-refractivity contribution in [2.75, 3.05) is 12.0 Å². The number of pyridine rings is 1. The number of hydrogen-bond donors (Lipinski definition) is 2. The number of para-hydroxylation sites is 1. The highest BCUT2D eigenvalue weighted by Gasteiger charge is 2.24. The number of imidazole rings is 1. The average molecular weight is 348 g/mol. The Bertz CT molecular complexity index is 1030. The first-order chi connectivity index (χ1) is 11.1. The molecular formula is C16H20N4O3S. The molecule has 2 aromatic heterocycles. The van der Waals surface area contributed by atoms with E-state index in [-0.39, 0.29) is 18.1 Å². The van der Waals surface area contributed by atoms with Crippen LogP contribution in [0.2, 0.25) is 0 Å². The monoisotopic (exact) mass is 348 g/mol. The van der Waals surface area contributed by atoms with Crippen LogP contribution in [-0.4, -0.2) is 39.9 Å². The largest absolute Gasteiger partial charge is 0.389 e. The van der Waals surface area contributed by atoms with Crippen LogP contribution >= 0.6 is 0 Å². The van der Waals surface area contributed by atoms with Crippen molar-refractivity contribution in [1.29, 1.82) is 0 Å². The van der Waals surface area contributed by atoms with Gasteiger partial charge in [-0.25, -0.2) is 18.4 Å². The molecule has 128 valence electrons. The van der Waals surface area contributed by atoms with Crippen LogP contribution in [0.1, 0.15) is 19.7 Å². The fourth-order valence-electron chi connectivity index (χ4n) is 2.81. The molecule has 1 aromatic carbocycles. The van der Waals surface area contributed by atoms with E-state index in [1.807, 2.05) is 24.3 Å². The fraction of sp³-hybridized carbons (Fsp3) is 0.375. The molecule has 24 heavy (non-hydrogen) atoms. The quantitative estimate of drug-likeness (QED) is 0.739. The van der Waals surface area contributed by atoms with Crippen molar-refractivity contribution in [2.45, 2.75) is 31.7 Å². The lowest BCUT2D eigenvalue weighted by Gasteiger charge is -2.20. The van der Waals surface area contributed by atoms with E-state index in [0.29, 0.717) is 22.4 Å². The van der Waals surface area contributed by atoms with Gasteiger partial charge in [0.05, 0.1) is 23.2 Å². The van der Waals surface area contributed by atoms with Crippen molar-refractivity contribution >= 4 is 37.6 Å². The minimum atomic E-state index is -3.30. The minimum Gasteiger partial charge on any atom is -0.389 e. The van der Waals surface area contributed by atoms with Crippen molar-refractivity contribution in [3.05, 3.63) is 30.1 Å². The summed E-state index contributed by atoms with van der Waals surface area (Å²) in [5.74, 6) is 0.360. The summed E-state index contributed by atoms with van der Waals surface area (Å²) in [6, 6.07) is 7.45. The Balaban J connectivity index is 2.41. The van der Waals surface area contributed by atoms with Gasteiger partial charge in [0.2, 0.25) is 0 Å². The molecule has 0 bridgehead atoms. The molecule has 3 rings (SSSR count). The first-order valence-corrected chi connectivity index (χ1v) is 9.55. The molecule has 7 nitrogen and oxygen atoms in total. The van der Waals surface area contributed by atoms with Crippen LogP contribution in [0.3, 0.4) is 0 Å². The molecule has 0 aliphatic carbocycles. The Hall–Kier alpha value is -2.19. The molecule has 0 amide bonds. The maximum atomic E-state index is 11.8. The normalized spacial score (nSPS) is 13.0. The Morgan fingerprint density at radius 1 is 1.25 bits per heavy atom. The standard InChI is InChI=1S/C16H20N4O3S/c1-16(2,21)9-20-12(8-24(3,22)23)19-13-14(20)10-6-4-5-7-11(10)18-15(13)17/h4-7,21H,8-9H2,1-3H3,(H2,17,18). The molecule has 0 saturated heterocycles. The molecule has 8 heteroatoms. The summed E-state index contributed by atoms with van der Waals surface area (Å²) in [4.78, 5) is 8.76. The highest BCUT2D eigenvalue weighted by Crippen LogP contribution is 2.30. The number of fused-ring (bicyclic) bond motifs is 3.